The van der Waals surface area contributed by atoms with Gasteiger partial charge in [-0.2, -0.15) is 0 Å². The van der Waals surface area contributed by atoms with Gasteiger partial charge in [-0.05, 0) is 48.9 Å². The molecule has 0 saturated heterocycles. The van der Waals surface area contributed by atoms with Crippen molar-refractivity contribution in [2.24, 2.45) is 5.92 Å². The van der Waals surface area contributed by atoms with Gasteiger partial charge in [-0.3, -0.25) is 0 Å². The number of nitrogens with one attached hydrogen (secondary N) is 1. The minimum Gasteiger partial charge on any atom is -0.384 e. The summed E-state index contributed by atoms with van der Waals surface area (Å²) >= 11 is 2.03. The summed E-state index contributed by atoms with van der Waals surface area (Å²) < 4.78 is 0. The van der Waals surface area contributed by atoms with E-state index < -0.39 is 0 Å². The number of hydrogen-bond donors (Lipinski definition) is 1. The van der Waals surface area contributed by atoms with Crippen molar-refractivity contribution in [1.82, 2.24) is 0 Å². The number of thioether (sulfide) groups is 1. The van der Waals surface area contributed by atoms with Crippen LogP contribution in [0.5, 0.6) is 0 Å². The molecule has 1 fully saturated rings. The zero-order valence-corrected chi connectivity index (χ0v) is 9.07. The molecule has 1 aromatic rings. The van der Waals surface area contributed by atoms with Crippen LogP contribution in [0.25, 0.3) is 0 Å². The summed E-state index contributed by atoms with van der Waals surface area (Å²) in [5.41, 5.74) is 2.85. The fraction of sp³-hybridized carbons (Fsp3) is 0.500. The second-order valence-electron chi connectivity index (χ2n) is 4.25. The van der Waals surface area contributed by atoms with Crippen molar-refractivity contribution in [2.75, 3.05) is 17.6 Å². The molecule has 1 aromatic carbocycles. The third-order valence-corrected chi connectivity index (χ3v) is 4.19. The summed E-state index contributed by atoms with van der Waals surface area (Å²) in [6.07, 6.45) is 4.12. The molecule has 1 heterocycles. The molecule has 14 heavy (non-hydrogen) atoms. The second-order valence-corrected chi connectivity index (χ2v) is 5.34. The van der Waals surface area contributed by atoms with E-state index in [1.54, 1.807) is 0 Å². The first-order chi connectivity index (χ1) is 6.92. The Labute approximate surface area is 89.3 Å². The Morgan fingerprint density at radius 2 is 2.29 bits per heavy atom. The predicted molar refractivity (Wildman–Crippen MR) is 62.1 cm³/mol. The van der Waals surface area contributed by atoms with E-state index in [0.717, 1.165) is 12.5 Å². The Morgan fingerprint density at radius 1 is 1.36 bits per heavy atom. The minimum atomic E-state index is 1.02. The fourth-order valence-corrected chi connectivity index (χ4v) is 3.02. The molecule has 0 radical (unpaired) electrons. The standard InChI is InChI=1S/C12H15NS/c1-2-9(1)8-14-11-3-4-12-10(7-11)5-6-13-12/h3-4,7,9,13H,1-2,5-6,8H2. The van der Waals surface area contributed by atoms with Crippen LogP contribution in [0.4, 0.5) is 5.69 Å². The van der Waals surface area contributed by atoms with Gasteiger partial charge >= 0.3 is 0 Å². The van der Waals surface area contributed by atoms with Crippen molar-refractivity contribution >= 4 is 17.4 Å². The molecule has 0 unspecified atom stereocenters. The lowest BCUT2D eigenvalue weighted by molar-refractivity contribution is 0.999. The SMILES string of the molecule is c1cc2c(cc1SCC1CC1)CCN2. The molecule has 1 saturated carbocycles. The number of hydrogen-bond acceptors (Lipinski definition) is 2. The van der Waals surface area contributed by atoms with Gasteiger partial charge in [-0.15, -0.1) is 11.8 Å². The van der Waals surface area contributed by atoms with Gasteiger partial charge in [0.25, 0.3) is 0 Å². The molecule has 2 heteroatoms. The highest BCUT2D eigenvalue weighted by Gasteiger charge is 2.21. The van der Waals surface area contributed by atoms with Gasteiger partial charge in [0.15, 0.2) is 0 Å². The van der Waals surface area contributed by atoms with Gasteiger partial charge in [-0.25, -0.2) is 0 Å². The third kappa shape index (κ3) is 1.76. The van der Waals surface area contributed by atoms with Crippen LogP contribution in [-0.2, 0) is 6.42 Å². The summed E-state index contributed by atoms with van der Waals surface area (Å²) in [5, 5.41) is 3.40. The molecule has 3 rings (SSSR count). The van der Waals surface area contributed by atoms with Crippen LogP contribution in [0.2, 0.25) is 0 Å². The van der Waals surface area contributed by atoms with Crippen LogP contribution in [0.15, 0.2) is 23.1 Å². The molecule has 74 valence electrons. The van der Waals surface area contributed by atoms with E-state index in [9.17, 15) is 0 Å². The lowest BCUT2D eigenvalue weighted by Crippen LogP contribution is -1.90. The fourth-order valence-electron chi connectivity index (χ4n) is 1.87. The van der Waals surface area contributed by atoms with Gasteiger partial charge < -0.3 is 5.32 Å². The van der Waals surface area contributed by atoms with Gasteiger partial charge in [0.2, 0.25) is 0 Å². The van der Waals surface area contributed by atoms with Gasteiger partial charge in [0.05, 0.1) is 0 Å². The van der Waals surface area contributed by atoms with Crippen molar-refractivity contribution in [2.45, 2.75) is 24.2 Å². The monoisotopic (exact) mass is 205 g/mol. The molecule has 1 nitrogen and oxygen atoms in total. The lowest BCUT2D eigenvalue weighted by atomic mass is 10.2. The largest absolute Gasteiger partial charge is 0.384 e. The van der Waals surface area contributed by atoms with Gasteiger partial charge in [0.1, 0.15) is 0 Å². The van der Waals surface area contributed by atoms with Gasteiger partial charge in [-0.1, -0.05) is 0 Å². The van der Waals surface area contributed by atoms with Crippen LogP contribution in [0.1, 0.15) is 18.4 Å². The smallest absolute Gasteiger partial charge is 0.0374 e. The molecule has 2 aliphatic rings. The van der Waals surface area contributed by atoms with Crippen molar-refractivity contribution in [3.63, 3.8) is 0 Å². The maximum absolute atomic E-state index is 3.40. The molecular weight excluding hydrogens is 190 g/mol. The molecule has 0 amide bonds. The van der Waals surface area contributed by atoms with Crippen molar-refractivity contribution in [1.29, 1.82) is 0 Å². The Kier molecular flexibility index (Phi) is 2.17. The van der Waals surface area contributed by atoms with E-state index in [1.807, 2.05) is 11.8 Å². The highest BCUT2D eigenvalue weighted by molar-refractivity contribution is 7.99. The zero-order valence-electron chi connectivity index (χ0n) is 8.25. The van der Waals surface area contributed by atoms with Crippen LogP contribution >= 0.6 is 11.8 Å². The first-order valence-electron chi connectivity index (χ1n) is 5.41. The molecular formula is C12H15NS. The van der Waals surface area contributed by atoms with E-state index in [1.165, 1.54) is 41.2 Å². The van der Waals surface area contributed by atoms with Crippen LogP contribution < -0.4 is 5.32 Å². The molecule has 1 N–H and O–H groups in total. The Balaban J connectivity index is 1.71. The van der Waals surface area contributed by atoms with E-state index in [0.29, 0.717) is 0 Å². The number of anilines is 1. The maximum atomic E-state index is 3.40. The third-order valence-electron chi connectivity index (χ3n) is 2.97. The highest BCUT2D eigenvalue weighted by atomic mass is 32.2. The van der Waals surface area contributed by atoms with Crippen LogP contribution in [0, 0.1) is 5.92 Å². The Morgan fingerprint density at radius 3 is 3.14 bits per heavy atom. The van der Waals surface area contributed by atoms with Crippen molar-refractivity contribution in [3.8, 4) is 0 Å². The Hall–Kier alpha value is -0.630. The number of rotatable bonds is 3. The zero-order chi connectivity index (χ0) is 9.38. The van der Waals surface area contributed by atoms with Gasteiger partial charge in [0, 0.05) is 22.9 Å². The van der Waals surface area contributed by atoms with E-state index in [-0.39, 0.29) is 0 Å². The summed E-state index contributed by atoms with van der Waals surface area (Å²) in [6, 6.07) is 6.85. The van der Waals surface area contributed by atoms with Crippen molar-refractivity contribution < 1.29 is 0 Å². The van der Waals surface area contributed by atoms with E-state index in [2.05, 4.69) is 23.5 Å². The highest BCUT2D eigenvalue weighted by Crippen LogP contribution is 2.36. The second kappa shape index (κ2) is 3.50. The van der Waals surface area contributed by atoms with Crippen LogP contribution in [0.3, 0.4) is 0 Å². The molecule has 0 bridgehead atoms. The summed E-state index contributed by atoms with van der Waals surface area (Å²) in [6.45, 7) is 1.12. The van der Waals surface area contributed by atoms with E-state index >= 15 is 0 Å². The molecule has 0 atom stereocenters. The average molecular weight is 205 g/mol. The van der Waals surface area contributed by atoms with Crippen LogP contribution in [-0.4, -0.2) is 12.3 Å². The minimum absolute atomic E-state index is 1.02. The van der Waals surface area contributed by atoms with Crippen molar-refractivity contribution in [3.05, 3.63) is 23.8 Å². The Bertz CT molecular complexity index is 344. The molecule has 0 aromatic heterocycles. The average Bonchev–Trinajstić information content (AvgIpc) is 2.92. The first-order valence-corrected chi connectivity index (χ1v) is 6.40. The summed E-state index contributed by atoms with van der Waals surface area (Å²) in [4.78, 5) is 1.46. The quantitative estimate of drug-likeness (QED) is 0.761. The van der Waals surface area contributed by atoms with E-state index in [4.69, 9.17) is 0 Å². The summed E-state index contributed by atoms with van der Waals surface area (Å²) in [5.74, 6) is 2.35. The normalized spacial score (nSPS) is 19.1. The number of benzene rings is 1. The molecule has 1 aliphatic heterocycles. The molecule has 0 spiro atoms. The predicted octanol–water partition coefficient (Wildman–Crippen LogP) is 3.16. The topological polar surface area (TPSA) is 12.0 Å². The number of fused-ring (bicyclic) bond motifs is 1. The lowest BCUT2D eigenvalue weighted by Gasteiger charge is -2.03. The molecule has 1 aliphatic carbocycles. The maximum Gasteiger partial charge on any atom is 0.0374 e. The first kappa shape index (κ1) is 8.66. The summed E-state index contributed by atoms with van der Waals surface area (Å²) in [7, 11) is 0.